The Morgan fingerprint density at radius 1 is 1.13 bits per heavy atom. The average molecular weight is 378 g/mol. The number of halogens is 2. The summed E-state index contributed by atoms with van der Waals surface area (Å²) in [5.74, 6) is 0.774. The Kier molecular flexibility index (Phi) is 3.49. The highest BCUT2D eigenvalue weighted by Gasteiger charge is 2.29. The number of nitrogens with one attached hydrogen (secondary N) is 1. The average Bonchev–Trinajstić information content (AvgIpc) is 2.55. The minimum Gasteiger partial charge on any atom is -0.486 e. The highest BCUT2D eigenvalue weighted by Crippen LogP contribution is 2.44. The Morgan fingerprint density at radius 2 is 1.87 bits per heavy atom. The molecule has 0 saturated carbocycles. The number of hydrogen-bond acceptors (Lipinski definition) is 3. The van der Waals surface area contributed by atoms with Gasteiger partial charge in [0.1, 0.15) is 19.0 Å². The molecular weight excluding hydrogens is 365 g/mol. The van der Waals surface area contributed by atoms with Crippen LogP contribution in [-0.2, 0) is 4.79 Å². The fourth-order valence-corrected chi connectivity index (χ4v) is 3.42. The second-order valence-electron chi connectivity index (χ2n) is 5.56. The molecule has 0 radical (unpaired) electrons. The lowest BCUT2D eigenvalue weighted by molar-refractivity contribution is -0.116. The van der Waals surface area contributed by atoms with Gasteiger partial charge >= 0.3 is 0 Å². The number of carbonyl (C=O) groups excluding carboxylic acids is 1. The number of amides is 1. The topological polar surface area (TPSA) is 47.6 Å². The van der Waals surface area contributed by atoms with Crippen LogP contribution in [0.25, 0.3) is 0 Å². The van der Waals surface area contributed by atoms with Crippen LogP contribution in [-0.4, -0.2) is 19.1 Å². The van der Waals surface area contributed by atoms with E-state index in [0.717, 1.165) is 16.8 Å². The molecule has 2 aromatic rings. The SMILES string of the molecule is O=C1C[C@@H](c2ccc(F)c(Br)c2)c2cc3c(cc2N1)OCCO3. The van der Waals surface area contributed by atoms with E-state index in [4.69, 9.17) is 9.47 Å². The molecule has 0 unspecified atom stereocenters. The lowest BCUT2D eigenvalue weighted by Crippen LogP contribution is -2.24. The minimum absolute atomic E-state index is 0.0698. The van der Waals surface area contributed by atoms with Gasteiger partial charge in [-0.3, -0.25) is 4.79 Å². The zero-order valence-corrected chi connectivity index (χ0v) is 13.7. The molecule has 23 heavy (non-hydrogen) atoms. The Morgan fingerprint density at radius 3 is 2.61 bits per heavy atom. The van der Waals surface area contributed by atoms with Gasteiger partial charge in [0, 0.05) is 24.1 Å². The van der Waals surface area contributed by atoms with Crippen LogP contribution in [0, 0.1) is 5.82 Å². The van der Waals surface area contributed by atoms with E-state index < -0.39 is 0 Å². The summed E-state index contributed by atoms with van der Waals surface area (Å²) < 4.78 is 25.1. The third-order valence-electron chi connectivity index (χ3n) is 4.10. The van der Waals surface area contributed by atoms with Crippen molar-refractivity contribution >= 4 is 27.5 Å². The van der Waals surface area contributed by atoms with Crippen LogP contribution in [0.2, 0.25) is 0 Å². The van der Waals surface area contributed by atoms with E-state index in [1.54, 1.807) is 18.2 Å². The second-order valence-corrected chi connectivity index (χ2v) is 6.42. The molecule has 1 atom stereocenters. The Balaban J connectivity index is 1.83. The van der Waals surface area contributed by atoms with Crippen molar-refractivity contribution in [2.75, 3.05) is 18.5 Å². The van der Waals surface area contributed by atoms with Gasteiger partial charge in [-0.25, -0.2) is 4.39 Å². The van der Waals surface area contributed by atoms with Gasteiger partial charge in [-0.2, -0.15) is 0 Å². The number of carbonyl (C=O) groups is 1. The van der Waals surface area contributed by atoms with Gasteiger partial charge in [0.15, 0.2) is 11.5 Å². The molecule has 0 saturated heterocycles. The van der Waals surface area contributed by atoms with Crippen LogP contribution in [0.15, 0.2) is 34.8 Å². The largest absolute Gasteiger partial charge is 0.486 e. The van der Waals surface area contributed by atoms with E-state index in [2.05, 4.69) is 21.2 Å². The van der Waals surface area contributed by atoms with Crippen LogP contribution >= 0.6 is 15.9 Å². The predicted octanol–water partition coefficient (Wildman–Crippen LogP) is 3.83. The number of rotatable bonds is 1. The molecule has 118 valence electrons. The molecule has 2 aliphatic heterocycles. The first kappa shape index (κ1) is 14.5. The van der Waals surface area contributed by atoms with E-state index in [9.17, 15) is 9.18 Å². The molecule has 0 aliphatic carbocycles. The molecule has 1 amide bonds. The first-order valence-electron chi connectivity index (χ1n) is 7.30. The normalized spacial score (nSPS) is 19.0. The minimum atomic E-state index is -0.323. The molecule has 2 heterocycles. The van der Waals surface area contributed by atoms with E-state index >= 15 is 0 Å². The summed E-state index contributed by atoms with van der Waals surface area (Å²) in [5.41, 5.74) is 2.55. The molecule has 6 heteroatoms. The summed E-state index contributed by atoms with van der Waals surface area (Å²) in [6, 6.07) is 8.55. The van der Waals surface area contributed by atoms with Gasteiger partial charge in [-0.05, 0) is 45.3 Å². The lowest BCUT2D eigenvalue weighted by Gasteiger charge is -2.29. The van der Waals surface area contributed by atoms with E-state index in [1.165, 1.54) is 6.07 Å². The van der Waals surface area contributed by atoms with Crippen molar-refractivity contribution in [3.8, 4) is 11.5 Å². The molecule has 2 aliphatic rings. The van der Waals surface area contributed by atoms with Gasteiger partial charge in [0.25, 0.3) is 0 Å². The predicted molar refractivity (Wildman–Crippen MR) is 86.6 cm³/mol. The van der Waals surface area contributed by atoms with Gasteiger partial charge in [0.2, 0.25) is 5.91 Å². The summed E-state index contributed by atoms with van der Waals surface area (Å²) in [6.07, 6.45) is 0.310. The van der Waals surface area contributed by atoms with E-state index in [1.807, 2.05) is 6.07 Å². The number of anilines is 1. The number of fused-ring (bicyclic) bond motifs is 2. The summed E-state index contributed by atoms with van der Waals surface area (Å²) in [7, 11) is 0. The van der Waals surface area contributed by atoms with E-state index in [0.29, 0.717) is 35.6 Å². The number of ether oxygens (including phenoxy) is 2. The zero-order chi connectivity index (χ0) is 16.0. The van der Waals surface area contributed by atoms with Crippen molar-refractivity contribution in [2.45, 2.75) is 12.3 Å². The quantitative estimate of drug-likeness (QED) is 0.821. The molecule has 1 N–H and O–H groups in total. The van der Waals surface area contributed by atoms with E-state index in [-0.39, 0.29) is 17.6 Å². The van der Waals surface area contributed by atoms with Crippen LogP contribution in [0.5, 0.6) is 11.5 Å². The monoisotopic (exact) mass is 377 g/mol. The summed E-state index contributed by atoms with van der Waals surface area (Å²) >= 11 is 3.21. The first-order chi connectivity index (χ1) is 11.1. The molecule has 4 rings (SSSR count). The Labute approximate surface area is 140 Å². The highest BCUT2D eigenvalue weighted by molar-refractivity contribution is 9.10. The maximum absolute atomic E-state index is 13.5. The van der Waals surface area contributed by atoms with Crippen molar-refractivity contribution in [1.29, 1.82) is 0 Å². The smallest absolute Gasteiger partial charge is 0.225 e. The maximum Gasteiger partial charge on any atom is 0.225 e. The Hall–Kier alpha value is -2.08. The Bertz CT molecular complexity index is 809. The summed E-state index contributed by atoms with van der Waals surface area (Å²) in [4.78, 5) is 12.1. The van der Waals surface area contributed by atoms with Crippen molar-refractivity contribution in [3.05, 3.63) is 51.7 Å². The summed E-state index contributed by atoms with van der Waals surface area (Å²) in [5, 5.41) is 2.88. The third kappa shape index (κ3) is 2.57. The molecule has 0 aromatic heterocycles. The number of hydrogen-bond donors (Lipinski definition) is 1. The molecule has 0 spiro atoms. The highest BCUT2D eigenvalue weighted by atomic mass is 79.9. The third-order valence-corrected chi connectivity index (χ3v) is 4.71. The van der Waals surface area contributed by atoms with Crippen molar-refractivity contribution in [2.24, 2.45) is 0 Å². The van der Waals surface area contributed by atoms with Gasteiger partial charge < -0.3 is 14.8 Å². The van der Waals surface area contributed by atoms with Crippen LogP contribution < -0.4 is 14.8 Å². The fraction of sp³-hybridized carbons (Fsp3) is 0.235. The molecule has 0 bridgehead atoms. The molecule has 4 nitrogen and oxygen atoms in total. The fourth-order valence-electron chi connectivity index (χ4n) is 3.02. The lowest BCUT2D eigenvalue weighted by atomic mass is 9.84. The molecular formula is C17H13BrFNO3. The second kappa shape index (κ2) is 5.53. The molecule has 0 fully saturated rings. The summed E-state index contributed by atoms with van der Waals surface area (Å²) in [6.45, 7) is 0.999. The first-order valence-corrected chi connectivity index (χ1v) is 8.09. The maximum atomic E-state index is 13.5. The van der Waals surface area contributed by atoms with Gasteiger partial charge in [-0.1, -0.05) is 6.07 Å². The van der Waals surface area contributed by atoms with Gasteiger partial charge in [0.05, 0.1) is 4.47 Å². The van der Waals surface area contributed by atoms with Crippen molar-refractivity contribution in [3.63, 3.8) is 0 Å². The van der Waals surface area contributed by atoms with Crippen LogP contribution in [0.1, 0.15) is 23.5 Å². The van der Waals surface area contributed by atoms with Crippen LogP contribution in [0.3, 0.4) is 0 Å². The van der Waals surface area contributed by atoms with Crippen molar-refractivity contribution in [1.82, 2.24) is 0 Å². The molecule has 2 aromatic carbocycles. The zero-order valence-electron chi connectivity index (χ0n) is 12.1. The number of benzene rings is 2. The van der Waals surface area contributed by atoms with Crippen LogP contribution in [0.4, 0.5) is 10.1 Å². The standard InChI is InChI=1S/C17H13BrFNO3/c18-12-5-9(1-2-13(12)19)10-7-17(21)20-14-8-16-15(6-11(10)14)22-3-4-23-16/h1-2,5-6,8,10H,3-4,7H2,(H,20,21)/t10-/m0/s1. The van der Waals surface area contributed by atoms with Gasteiger partial charge in [-0.15, -0.1) is 0 Å². The van der Waals surface area contributed by atoms with Crippen molar-refractivity contribution < 1.29 is 18.7 Å².